The van der Waals surface area contributed by atoms with Crippen molar-refractivity contribution in [3.8, 4) is 0 Å². The molecule has 0 saturated heterocycles. The van der Waals surface area contributed by atoms with Gasteiger partial charge >= 0.3 is 0 Å². The Kier molecular flexibility index (Phi) is 7.07. The summed E-state index contributed by atoms with van der Waals surface area (Å²) in [4.78, 5) is 46.8. The van der Waals surface area contributed by atoms with Gasteiger partial charge in [0.2, 0.25) is 5.91 Å². The lowest BCUT2D eigenvalue weighted by atomic mass is 10.1. The number of fused-ring (bicyclic) bond motifs is 1. The number of rotatable bonds is 8. The number of nitrogens with two attached hydrogens (primary N) is 1. The third-order valence-corrected chi connectivity index (χ3v) is 5.82. The van der Waals surface area contributed by atoms with E-state index in [0.29, 0.717) is 39.3 Å². The standard InChI is InChI=1S/C25H23ClN6O3/c1-31-15-30-22-10-21(26)18(9-20(22)25(31)35)13-32(14-23(27)33)19-6-4-17(5-7-19)24(34)29-12-16-3-2-8-28-11-16/h2-11,15H,12-14H2,1H3,(H2,27,33)(H,29,34). The summed E-state index contributed by atoms with van der Waals surface area (Å²) >= 11 is 6.47. The lowest BCUT2D eigenvalue weighted by Crippen LogP contribution is -2.33. The molecule has 2 aromatic heterocycles. The molecule has 0 unspecified atom stereocenters. The highest BCUT2D eigenvalue weighted by molar-refractivity contribution is 6.32. The molecule has 0 fully saturated rings. The predicted octanol–water partition coefficient (Wildman–Crippen LogP) is 2.40. The largest absolute Gasteiger partial charge is 0.368 e. The summed E-state index contributed by atoms with van der Waals surface area (Å²) in [6, 6.07) is 13.8. The topological polar surface area (TPSA) is 123 Å². The number of nitrogens with zero attached hydrogens (tertiary/aromatic N) is 4. The van der Waals surface area contributed by atoms with Crippen molar-refractivity contribution in [3.63, 3.8) is 0 Å². The minimum Gasteiger partial charge on any atom is -0.368 e. The summed E-state index contributed by atoms with van der Waals surface area (Å²) in [6.45, 7) is 0.505. The van der Waals surface area contributed by atoms with Gasteiger partial charge in [0, 0.05) is 48.8 Å². The zero-order valence-corrected chi connectivity index (χ0v) is 19.7. The highest BCUT2D eigenvalue weighted by Crippen LogP contribution is 2.25. The lowest BCUT2D eigenvalue weighted by molar-refractivity contribution is -0.116. The second-order valence-corrected chi connectivity index (χ2v) is 8.44. The third kappa shape index (κ3) is 5.64. The predicted molar refractivity (Wildman–Crippen MR) is 134 cm³/mol. The summed E-state index contributed by atoms with van der Waals surface area (Å²) in [6.07, 6.45) is 4.80. The van der Waals surface area contributed by atoms with Gasteiger partial charge in [0.15, 0.2) is 0 Å². The molecular formula is C25H23ClN6O3. The number of aromatic nitrogens is 3. The molecule has 0 aliphatic carbocycles. The first-order chi connectivity index (χ1) is 16.8. The summed E-state index contributed by atoms with van der Waals surface area (Å²) in [7, 11) is 1.62. The first-order valence-electron chi connectivity index (χ1n) is 10.8. The van der Waals surface area contributed by atoms with Gasteiger partial charge in [-0.15, -0.1) is 0 Å². The lowest BCUT2D eigenvalue weighted by Gasteiger charge is -2.24. The molecule has 0 bridgehead atoms. The molecule has 35 heavy (non-hydrogen) atoms. The minimum atomic E-state index is -0.530. The van der Waals surface area contributed by atoms with Crippen LogP contribution in [0.15, 0.2) is 72.0 Å². The van der Waals surface area contributed by atoms with E-state index in [0.717, 1.165) is 5.56 Å². The molecule has 4 aromatic rings. The summed E-state index contributed by atoms with van der Waals surface area (Å²) in [5.41, 5.74) is 8.45. The number of aryl methyl sites for hydroxylation is 1. The smallest absolute Gasteiger partial charge is 0.260 e. The van der Waals surface area contributed by atoms with E-state index >= 15 is 0 Å². The van der Waals surface area contributed by atoms with Gasteiger partial charge in [-0.3, -0.25) is 19.4 Å². The first kappa shape index (κ1) is 23.9. The summed E-state index contributed by atoms with van der Waals surface area (Å²) in [5.74, 6) is -0.763. The maximum Gasteiger partial charge on any atom is 0.260 e. The Bertz CT molecular complexity index is 1440. The van der Waals surface area contributed by atoms with Crippen molar-refractivity contribution in [2.24, 2.45) is 12.8 Å². The summed E-state index contributed by atoms with van der Waals surface area (Å²) in [5, 5.41) is 3.69. The second-order valence-electron chi connectivity index (χ2n) is 8.03. The fraction of sp³-hybridized carbons (Fsp3) is 0.160. The van der Waals surface area contributed by atoms with E-state index in [4.69, 9.17) is 17.3 Å². The number of benzene rings is 2. The van der Waals surface area contributed by atoms with Crippen LogP contribution in [0.5, 0.6) is 0 Å². The van der Waals surface area contributed by atoms with Crippen LogP contribution in [-0.4, -0.2) is 32.9 Å². The molecule has 178 valence electrons. The number of halogens is 1. The maximum atomic E-state index is 12.5. The van der Waals surface area contributed by atoms with E-state index in [-0.39, 0.29) is 24.6 Å². The van der Waals surface area contributed by atoms with Gasteiger partial charge in [-0.05, 0) is 53.6 Å². The van der Waals surface area contributed by atoms with Crippen molar-refractivity contribution >= 4 is 40.0 Å². The van der Waals surface area contributed by atoms with Crippen LogP contribution in [0, 0.1) is 0 Å². The molecule has 2 heterocycles. The van der Waals surface area contributed by atoms with E-state index < -0.39 is 5.91 Å². The van der Waals surface area contributed by atoms with Crippen LogP contribution in [0.1, 0.15) is 21.5 Å². The molecule has 0 atom stereocenters. The van der Waals surface area contributed by atoms with Gasteiger partial charge in [-0.1, -0.05) is 17.7 Å². The zero-order valence-electron chi connectivity index (χ0n) is 18.9. The molecule has 0 radical (unpaired) electrons. The molecule has 0 aliphatic heterocycles. The minimum absolute atomic E-state index is 0.0774. The van der Waals surface area contributed by atoms with Crippen molar-refractivity contribution < 1.29 is 9.59 Å². The molecule has 0 saturated carbocycles. The molecule has 9 nitrogen and oxygen atoms in total. The molecule has 0 spiro atoms. The van der Waals surface area contributed by atoms with Crippen molar-refractivity contribution in [2.45, 2.75) is 13.1 Å². The van der Waals surface area contributed by atoms with E-state index in [9.17, 15) is 14.4 Å². The number of primary amides is 1. The zero-order chi connectivity index (χ0) is 24.9. The van der Waals surface area contributed by atoms with Gasteiger partial charge < -0.3 is 20.5 Å². The highest BCUT2D eigenvalue weighted by Gasteiger charge is 2.16. The van der Waals surface area contributed by atoms with Crippen LogP contribution < -0.4 is 21.5 Å². The summed E-state index contributed by atoms with van der Waals surface area (Å²) < 4.78 is 1.39. The Morgan fingerprint density at radius 2 is 1.94 bits per heavy atom. The number of carbonyl (C=O) groups excluding carboxylic acids is 2. The molecular weight excluding hydrogens is 468 g/mol. The fourth-order valence-electron chi connectivity index (χ4n) is 3.64. The van der Waals surface area contributed by atoms with Crippen molar-refractivity contribution in [1.82, 2.24) is 19.9 Å². The van der Waals surface area contributed by atoms with Crippen LogP contribution >= 0.6 is 11.6 Å². The monoisotopic (exact) mass is 490 g/mol. The van der Waals surface area contributed by atoms with Crippen molar-refractivity contribution in [1.29, 1.82) is 0 Å². The Balaban J connectivity index is 1.55. The highest BCUT2D eigenvalue weighted by atomic mass is 35.5. The fourth-order valence-corrected chi connectivity index (χ4v) is 3.86. The van der Waals surface area contributed by atoms with E-state index in [2.05, 4.69) is 15.3 Å². The second kappa shape index (κ2) is 10.4. The third-order valence-electron chi connectivity index (χ3n) is 5.46. The van der Waals surface area contributed by atoms with Gasteiger partial charge in [0.1, 0.15) is 0 Å². The van der Waals surface area contributed by atoms with Gasteiger partial charge in [-0.2, -0.15) is 0 Å². The average molecular weight is 491 g/mol. The quantitative estimate of drug-likeness (QED) is 0.391. The van der Waals surface area contributed by atoms with Gasteiger partial charge in [0.25, 0.3) is 11.5 Å². The van der Waals surface area contributed by atoms with Crippen LogP contribution in [0.4, 0.5) is 5.69 Å². The number of anilines is 1. The molecule has 0 aliphatic rings. The number of hydrogen-bond donors (Lipinski definition) is 2. The Morgan fingerprint density at radius 1 is 1.17 bits per heavy atom. The molecule has 4 rings (SSSR count). The van der Waals surface area contributed by atoms with E-state index in [1.54, 1.807) is 66.8 Å². The normalized spacial score (nSPS) is 10.8. The van der Waals surface area contributed by atoms with Crippen LogP contribution in [0.2, 0.25) is 5.02 Å². The Morgan fingerprint density at radius 3 is 2.63 bits per heavy atom. The molecule has 10 heteroatoms. The number of amides is 2. The number of hydrogen-bond acceptors (Lipinski definition) is 6. The Hall–Kier alpha value is -4.24. The number of carbonyl (C=O) groups is 2. The molecule has 3 N–H and O–H groups in total. The molecule has 2 amide bonds. The first-order valence-corrected chi connectivity index (χ1v) is 11.1. The average Bonchev–Trinajstić information content (AvgIpc) is 2.86. The van der Waals surface area contributed by atoms with E-state index in [1.807, 2.05) is 6.07 Å². The van der Waals surface area contributed by atoms with Crippen molar-refractivity contribution in [2.75, 3.05) is 11.4 Å². The van der Waals surface area contributed by atoms with E-state index in [1.165, 1.54) is 10.9 Å². The van der Waals surface area contributed by atoms with Crippen molar-refractivity contribution in [3.05, 3.63) is 99.3 Å². The van der Waals surface area contributed by atoms with Gasteiger partial charge in [0.05, 0.1) is 23.8 Å². The number of pyridine rings is 1. The Labute approximate surface area is 206 Å². The van der Waals surface area contributed by atoms with Crippen LogP contribution in [0.25, 0.3) is 10.9 Å². The molecule has 2 aromatic carbocycles. The van der Waals surface area contributed by atoms with Crippen LogP contribution in [0.3, 0.4) is 0 Å². The number of nitrogens with one attached hydrogen (secondary N) is 1. The van der Waals surface area contributed by atoms with Crippen LogP contribution in [-0.2, 0) is 24.9 Å². The SMILES string of the molecule is Cn1cnc2cc(Cl)c(CN(CC(N)=O)c3ccc(C(=O)NCc4cccnc4)cc3)cc2c1=O. The van der Waals surface area contributed by atoms with Gasteiger partial charge in [-0.25, -0.2) is 4.98 Å². The maximum absolute atomic E-state index is 12.5.